The molecule has 3 fully saturated rings. The van der Waals surface area contributed by atoms with Crippen LogP contribution in [0.4, 0.5) is 13.2 Å². The molecule has 0 bridgehead atoms. The number of aromatic nitrogens is 2. The number of hydrogen-bond acceptors (Lipinski definition) is 5. The minimum absolute atomic E-state index is 0.0734. The first kappa shape index (κ1) is 23.3. The number of H-pyrrole nitrogens is 1. The fourth-order valence-electron chi connectivity index (χ4n) is 5.64. The van der Waals surface area contributed by atoms with E-state index < -0.39 is 11.7 Å². The largest absolute Gasteiger partial charge is 0.416 e. The highest BCUT2D eigenvalue weighted by atomic mass is 19.4. The Bertz CT molecular complexity index is 968. The van der Waals surface area contributed by atoms with Crippen LogP contribution >= 0.6 is 0 Å². The van der Waals surface area contributed by atoms with Gasteiger partial charge in [-0.2, -0.15) is 18.3 Å². The van der Waals surface area contributed by atoms with Crippen molar-refractivity contribution in [2.75, 3.05) is 39.4 Å². The van der Waals surface area contributed by atoms with Crippen LogP contribution in [-0.2, 0) is 15.7 Å². The molecule has 1 amide bonds. The van der Waals surface area contributed by atoms with E-state index in [4.69, 9.17) is 4.74 Å². The maximum absolute atomic E-state index is 13.1. The molecule has 2 aromatic rings. The summed E-state index contributed by atoms with van der Waals surface area (Å²) < 4.78 is 44.7. The second kappa shape index (κ2) is 9.67. The van der Waals surface area contributed by atoms with Crippen LogP contribution in [0.1, 0.15) is 59.7 Å². The Morgan fingerprint density at radius 1 is 1.15 bits per heavy atom. The first-order valence-electron chi connectivity index (χ1n) is 11.9. The average Bonchev–Trinajstić information content (AvgIpc) is 3.55. The van der Waals surface area contributed by atoms with Crippen LogP contribution < -0.4 is 5.32 Å². The van der Waals surface area contributed by atoms with E-state index >= 15 is 0 Å². The van der Waals surface area contributed by atoms with Crippen molar-refractivity contribution in [3.8, 4) is 0 Å². The van der Waals surface area contributed by atoms with Crippen LogP contribution in [0.15, 0.2) is 30.3 Å². The topological polar surface area (TPSA) is 73.5 Å². The maximum atomic E-state index is 13.1. The third-order valence-corrected chi connectivity index (χ3v) is 7.37. The second-order valence-electron chi connectivity index (χ2n) is 9.42. The number of nitrogens with zero attached hydrogens (tertiary/aromatic N) is 3. The van der Waals surface area contributed by atoms with E-state index in [1.807, 2.05) is 0 Å². The molecule has 0 radical (unpaired) electrons. The van der Waals surface area contributed by atoms with Crippen molar-refractivity contribution in [1.82, 2.24) is 25.3 Å². The Kier molecular flexibility index (Phi) is 6.63. The molecule has 184 valence electrons. The number of rotatable bonds is 5. The van der Waals surface area contributed by atoms with E-state index in [1.54, 1.807) is 17.0 Å². The Labute approximate surface area is 196 Å². The number of aromatic amines is 1. The molecular formula is C24H30F3N5O2. The summed E-state index contributed by atoms with van der Waals surface area (Å²) in [6.45, 7) is 4.09. The number of alkyl halides is 3. The van der Waals surface area contributed by atoms with E-state index in [2.05, 4.69) is 26.5 Å². The van der Waals surface area contributed by atoms with Gasteiger partial charge in [-0.15, -0.1) is 0 Å². The number of morpholine rings is 1. The molecule has 3 saturated heterocycles. The van der Waals surface area contributed by atoms with E-state index in [-0.39, 0.29) is 24.0 Å². The summed E-state index contributed by atoms with van der Waals surface area (Å²) in [5.74, 6) is -0.157. The molecule has 1 aromatic carbocycles. The van der Waals surface area contributed by atoms with Crippen molar-refractivity contribution in [3.05, 3.63) is 52.8 Å². The SMILES string of the molecule is O=CN1CC(c2ccc(C(F)(F)F)cc2)CC(c2cc(C3CCCN3)[nH]n2)C1N1CCOCC1. The summed E-state index contributed by atoms with van der Waals surface area (Å²) >= 11 is 0. The molecule has 0 spiro atoms. The molecule has 0 aliphatic carbocycles. The lowest BCUT2D eigenvalue weighted by atomic mass is 9.80. The van der Waals surface area contributed by atoms with E-state index in [0.717, 1.165) is 68.0 Å². The molecule has 10 heteroatoms. The molecule has 5 rings (SSSR count). The predicted molar refractivity (Wildman–Crippen MR) is 119 cm³/mol. The van der Waals surface area contributed by atoms with Crippen LogP contribution in [0.5, 0.6) is 0 Å². The summed E-state index contributed by atoms with van der Waals surface area (Å²) in [5, 5.41) is 11.3. The number of carbonyl (C=O) groups excluding carboxylic acids is 1. The quantitative estimate of drug-likeness (QED) is 0.647. The summed E-state index contributed by atoms with van der Waals surface area (Å²) in [6, 6.07) is 7.69. The zero-order valence-electron chi connectivity index (χ0n) is 18.9. The highest BCUT2D eigenvalue weighted by Gasteiger charge is 2.42. The lowest BCUT2D eigenvalue weighted by Crippen LogP contribution is -2.58. The molecule has 1 aromatic heterocycles. The smallest absolute Gasteiger partial charge is 0.379 e. The van der Waals surface area contributed by atoms with Gasteiger partial charge >= 0.3 is 6.18 Å². The van der Waals surface area contributed by atoms with Gasteiger partial charge in [0.1, 0.15) is 0 Å². The number of piperidine rings is 1. The number of hydrogen-bond donors (Lipinski definition) is 2. The Hall–Kier alpha value is -2.43. The number of halogens is 3. The molecule has 2 N–H and O–H groups in total. The number of carbonyl (C=O) groups is 1. The number of benzene rings is 1. The fourth-order valence-corrected chi connectivity index (χ4v) is 5.64. The van der Waals surface area contributed by atoms with Crippen molar-refractivity contribution in [2.45, 2.75) is 49.5 Å². The maximum Gasteiger partial charge on any atom is 0.416 e. The molecule has 4 heterocycles. The van der Waals surface area contributed by atoms with Crippen LogP contribution in [0.2, 0.25) is 0 Å². The Morgan fingerprint density at radius 2 is 1.91 bits per heavy atom. The number of amides is 1. The lowest BCUT2D eigenvalue weighted by molar-refractivity contribution is -0.137. The van der Waals surface area contributed by atoms with Gasteiger partial charge in [-0.1, -0.05) is 12.1 Å². The van der Waals surface area contributed by atoms with E-state index in [1.165, 1.54) is 0 Å². The summed E-state index contributed by atoms with van der Waals surface area (Å²) in [7, 11) is 0. The summed E-state index contributed by atoms with van der Waals surface area (Å²) in [5.41, 5.74) is 2.08. The molecule has 4 atom stereocenters. The molecule has 3 aliphatic rings. The second-order valence-corrected chi connectivity index (χ2v) is 9.42. The normalized spacial score (nSPS) is 28.9. The van der Waals surface area contributed by atoms with Crippen molar-refractivity contribution < 1.29 is 22.7 Å². The van der Waals surface area contributed by atoms with Crippen molar-refractivity contribution in [1.29, 1.82) is 0 Å². The molecule has 0 saturated carbocycles. The van der Waals surface area contributed by atoms with Crippen molar-refractivity contribution in [2.24, 2.45) is 0 Å². The number of nitrogens with one attached hydrogen (secondary N) is 2. The molecule has 4 unspecified atom stereocenters. The van der Waals surface area contributed by atoms with Gasteiger partial charge in [0.25, 0.3) is 0 Å². The zero-order chi connectivity index (χ0) is 23.7. The predicted octanol–water partition coefficient (Wildman–Crippen LogP) is 3.24. The van der Waals surface area contributed by atoms with Gasteiger partial charge in [-0.3, -0.25) is 14.8 Å². The van der Waals surface area contributed by atoms with Gasteiger partial charge in [0.2, 0.25) is 6.41 Å². The van der Waals surface area contributed by atoms with Crippen LogP contribution in [0, 0.1) is 0 Å². The van der Waals surface area contributed by atoms with E-state index in [0.29, 0.717) is 26.2 Å². The third-order valence-electron chi connectivity index (χ3n) is 7.37. The van der Waals surface area contributed by atoms with Gasteiger partial charge in [0.05, 0.1) is 36.3 Å². The first-order chi connectivity index (χ1) is 16.4. The average molecular weight is 478 g/mol. The van der Waals surface area contributed by atoms with Crippen LogP contribution in [0.3, 0.4) is 0 Å². The zero-order valence-corrected chi connectivity index (χ0v) is 18.9. The molecule has 3 aliphatic heterocycles. The monoisotopic (exact) mass is 477 g/mol. The first-order valence-corrected chi connectivity index (χ1v) is 11.9. The van der Waals surface area contributed by atoms with Gasteiger partial charge in [0, 0.05) is 37.5 Å². The van der Waals surface area contributed by atoms with Gasteiger partial charge in [-0.25, -0.2) is 0 Å². The highest BCUT2D eigenvalue weighted by molar-refractivity contribution is 5.49. The third kappa shape index (κ3) is 4.71. The standard InChI is InChI=1S/C24H30F3N5O2/c25-24(26,27)18-5-3-16(4-6-18)17-12-19(21-13-22(30-29-21)20-2-1-7-28-20)23(32(14-17)15-33)31-8-10-34-11-9-31/h3-6,13,15,17,19-20,23,28H,1-2,7-12,14H2,(H,29,30). The van der Waals surface area contributed by atoms with Gasteiger partial charge in [0.15, 0.2) is 0 Å². The van der Waals surface area contributed by atoms with Gasteiger partial charge < -0.3 is 15.0 Å². The van der Waals surface area contributed by atoms with Crippen LogP contribution in [-0.4, -0.2) is 72.0 Å². The molecule has 7 nitrogen and oxygen atoms in total. The van der Waals surface area contributed by atoms with Crippen LogP contribution in [0.25, 0.3) is 0 Å². The summed E-state index contributed by atoms with van der Waals surface area (Å²) in [6.07, 6.45) is -0.805. The minimum atomic E-state index is -4.37. The molecular weight excluding hydrogens is 447 g/mol. The Morgan fingerprint density at radius 3 is 2.56 bits per heavy atom. The van der Waals surface area contributed by atoms with Crippen molar-refractivity contribution >= 4 is 6.41 Å². The number of likely N-dealkylation sites (tertiary alicyclic amines) is 1. The minimum Gasteiger partial charge on any atom is -0.379 e. The Balaban J connectivity index is 1.45. The fraction of sp³-hybridized carbons (Fsp3) is 0.583. The summed E-state index contributed by atoms with van der Waals surface area (Å²) in [4.78, 5) is 16.3. The lowest BCUT2D eigenvalue weighted by Gasteiger charge is -2.48. The highest BCUT2D eigenvalue weighted by Crippen LogP contribution is 2.41. The van der Waals surface area contributed by atoms with E-state index in [9.17, 15) is 18.0 Å². The van der Waals surface area contributed by atoms with Crippen molar-refractivity contribution in [3.63, 3.8) is 0 Å². The number of ether oxygens (including phenoxy) is 1. The van der Waals surface area contributed by atoms with Gasteiger partial charge in [-0.05, 0) is 49.6 Å². The molecule has 34 heavy (non-hydrogen) atoms.